The van der Waals surface area contributed by atoms with Crippen LogP contribution >= 0.6 is 0 Å². The molecule has 1 aromatic rings. The highest BCUT2D eigenvalue weighted by Crippen LogP contribution is 2.32. The molecule has 1 aliphatic rings. The zero-order valence-electron chi connectivity index (χ0n) is 9.63. The number of methoxy groups -OCH3 is 1. The molecule has 0 aromatic heterocycles. The molecule has 2 rings (SSSR count). The van der Waals surface area contributed by atoms with Gasteiger partial charge in [0.15, 0.2) is 17.3 Å². The fraction of sp³-hybridized carbons (Fsp3) is 0.500. The first-order chi connectivity index (χ1) is 8.20. The molecule has 3 nitrogen and oxygen atoms in total. The fourth-order valence-electron chi connectivity index (χ4n) is 1.92. The van der Waals surface area contributed by atoms with Crippen LogP contribution in [0, 0.1) is 11.6 Å². The van der Waals surface area contributed by atoms with Crippen LogP contribution in [0.3, 0.4) is 0 Å². The molecule has 0 bridgehead atoms. The van der Waals surface area contributed by atoms with Crippen molar-refractivity contribution >= 4 is 0 Å². The second-order valence-electron chi connectivity index (χ2n) is 4.01. The van der Waals surface area contributed by atoms with Gasteiger partial charge in [0.2, 0.25) is 0 Å². The Kier molecular flexibility index (Phi) is 3.78. The molecular weight excluding hydrogens is 228 g/mol. The maximum absolute atomic E-state index is 13.4. The second kappa shape index (κ2) is 5.31. The van der Waals surface area contributed by atoms with E-state index in [-0.39, 0.29) is 17.6 Å². The molecule has 0 saturated carbocycles. The lowest BCUT2D eigenvalue weighted by Gasteiger charge is -2.24. The third-order valence-electron chi connectivity index (χ3n) is 2.72. The Bertz CT molecular complexity index is 392. The summed E-state index contributed by atoms with van der Waals surface area (Å²) in [5.41, 5.74) is 0. The Morgan fingerprint density at radius 3 is 2.82 bits per heavy atom. The maximum Gasteiger partial charge on any atom is 0.197 e. The standard InChI is InChI=1S/C12H15F2NO2/c1-16-12-10(14)5-8(13)6-11(12)17-9-3-2-4-15-7-9/h5-6,9,15H,2-4,7H2,1H3. The number of ether oxygens (including phenoxy) is 2. The Labute approximate surface area is 98.7 Å². The number of nitrogens with one attached hydrogen (secondary N) is 1. The van der Waals surface area contributed by atoms with Gasteiger partial charge in [-0.2, -0.15) is 0 Å². The van der Waals surface area contributed by atoms with E-state index in [9.17, 15) is 8.78 Å². The number of benzene rings is 1. The van der Waals surface area contributed by atoms with E-state index in [0.717, 1.165) is 31.5 Å². The lowest BCUT2D eigenvalue weighted by molar-refractivity contribution is 0.159. The van der Waals surface area contributed by atoms with Crippen LogP contribution in [0.2, 0.25) is 0 Å². The van der Waals surface area contributed by atoms with Crippen molar-refractivity contribution in [3.8, 4) is 11.5 Å². The molecule has 1 heterocycles. The van der Waals surface area contributed by atoms with Crippen molar-refractivity contribution in [3.05, 3.63) is 23.8 Å². The average Bonchev–Trinajstić information content (AvgIpc) is 2.30. The van der Waals surface area contributed by atoms with Crippen LogP contribution in [0.1, 0.15) is 12.8 Å². The summed E-state index contributed by atoms with van der Waals surface area (Å²) in [5, 5.41) is 3.17. The van der Waals surface area contributed by atoms with Crippen LogP contribution < -0.4 is 14.8 Å². The van der Waals surface area contributed by atoms with Crippen molar-refractivity contribution in [1.29, 1.82) is 0 Å². The summed E-state index contributed by atoms with van der Waals surface area (Å²) < 4.78 is 37.0. The molecule has 1 aromatic carbocycles. The lowest BCUT2D eigenvalue weighted by Crippen LogP contribution is -2.37. The third-order valence-corrected chi connectivity index (χ3v) is 2.72. The van der Waals surface area contributed by atoms with Gasteiger partial charge in [0, 0.05) is 18.7 Å². The number of piperidine rings is 1. The van der Waals surface area contributed by atoms with Gasteiger partial charge in [-0.3, -0.25) is 0 Å². The summed E-state index contributed by atoms with van der Waals surface area (Å²) >= 11 is 0. The summed E-state index contributed by atoms with van der Waals surface area (Å²) in [4.78, 5) is 0. The molecule has 0 amide bonds. The molecule has 1 saturated heterocycles. The van der Waals surface area contributed by atoms with E-state index in [1.807, 2.05) is 0 Å². The van der Waals surface area contributed by atoms with Gasteiger partial charge in [-0.15, -0.1) is 0 Å². The normalized spacial score (nSPS) is 20.1. The van der Waals surface area contributed by atoms with E-state index in [2.05, 4.69) is 5.32 Å². The molecule has 5 heteroatoms. The van der Waals surface area contributed by atoms with E-state index in [1.165, 1.54) is 7.11 Å². The van der Waals surface area contributed by atoms with Crippen molar-refractivity contribution in [1.82, 2.24) is 5.32 Å². The predicted octanol–water partition coefficient (Wildman–Crippen LogP) is 2.10. The molecule has 1 aliphatic heterocycles. The predicted molar refractivity (Wildman–Crippen MR) is 59.4 cm³/mol. The maximum atomic E-state index is 13.4. The molecule has 1 unspecified atom stereocenters. The molecule has 1 N–H and O–H groups in total. The topological polar surface area (TPSA) is 30.5 Å². The van der Waals surface area contributed by atoms with Crippen molar-refractivity contribution in [2.75, 3.05) is 20.2 Å². The van der Waals surface area contributed by atoms with Crippen LogP contribution in [-0.2, 0) is 0 Å². The highest BCUT2D eigenvalue weighted by atomic mass is 19.1. The molecule has 1 atom stereocenters. The largest absolute Gasteiger partial charge is 0.490 e. The zero-order valence-corrected chi connectivity index (χ0v) is 9.63. The van der Waals surface area contributed by atoms with Crippen LogP contribution in [0.4, 0.5) is 8.78 Å². The minimum atomic E-state index is -0.744. The summed E-state index contributed by atoms with van der Waals surface area (Å²) in [6, 6.07) is 1.93. The molecule has 0 radical (unpaired) electrons. The van der Waals surface area contributed by atoms with Crippen molar-refractivity contribution in [2.45, 2.75) is 18.9 Å². The lowest BCUT2D eigenvalue weighted by atomic mass is 10.1. The highest BCUT2D eigenvalue weighted by molar-refractivity contribution is 5.41. The smallest absolute Gasteiger partial charge is 0.197 e. The van der Waals surface area contributed by atoms with Gasteiger partial charge in [0.05, 0.1) is 7.11 Å². The third kappa shape index (κ3) is 2.85. The van der Waals surface area contributed by atoms with Gasteiger partial charge in [-0.25, -0.2) is 8.78 Å². The van der Waals surface area contributed by atoms with Crippen molar-refractivity contribution in [3.63, 3.8) is 0 Å². The first-order valence-corrected chi connectivity index (χ1v) is 5.61. The number of rotatable bonds is 3. The minimum absolute atomic E-state index is 0.0445. The molecule has 1 fully saturated rings. The molecular formula is C12H15F2NO2. The quantitative estimate of drug-likeness (QED) is 0.882. The van der Waals surface area contributed by atoms with Gasteiger partial charge in [-0.05, 0) is 19.4 Å². The van der Waals surface area contributed by atoms with Crippen LogP contribution in [-0.4, -0.2) is 26.3 Å². The Hall–Kier alpha value is -1.36. The van der Waals surface area contributed by atoms with E-state index in [4.69, 9.17) is 9.47 Å². The Morgan fingerprint density at radius 2 is 2.18 bits per heavy atom. The summed E-state index contributed by atoms with van der Waals surface area (Å²) in [5.74, 6) is -1.33. The zero-order chi connectivity index (χ0) is 12.3. The highest BCUT2D eigenvalue weighted by Gasteiger charge is 2.19. The SMILES string of the molecule is COc1c(F)cc(F)cc1OC1CCCNC1. The number of hydrogen-bond donors (Lipinski definition) is 1. The second-order valence-corrected chi connectivity index (χ2v) is 4.01. The van der Waals surface area contributed by atoms with Crippen LogP contribution in [0.25, 0.3) is 0 Å². The minimum Gasteiger partial charge on any atom is -0.490 e. The first kappa shape index (κ1) is 12.1. The van der Waals surface area contributed by atoms with E-state index >= 15 is 0 Å². The molecule has 0 aliphatic carbocycles. The van der Waals surface area contributed by atoms with Gasteiger partial charge in [0.25, 0.3) is 0 Å². The number of halogens is 2. The van der Waals surface area contributed by atoms with E-state index < -0.39 is 11.6 Å². The Morgan fingerprint density at radius 1 is 1.35 bits per heavy atom. The molecule has 94 valence electrons. The summed E-state index contributed by atoms with van der Waals surface area (Å²) in [7, 11) is 1.34. The van der Waals surface area contributed by atoms with Gasteiger partial charge >= 0.3 is 0 Å². The van der Waals surface area contributed by atoms with Crippen LogP contribution in [0.5, 0.6) is 11.5 Å². The first-order valence-electron chi connectivity index (χ1n) is 5.61. The Balaban J connectivity index is 2.18. The van der Waals surface area contributed by atoms with Crippen molar-refractivity contribution < 1.29 is 18.3 Å². The average molecular weight is 243 g/mol. The van der Waals surface area contributed by atoms with Gasteiger partial charge in [-0.1, -0.05) is 0 Å². The van der Waals surface area contributed by atoms with Crippen LogP contribution in [0.15, 0.2) is 12.1 Å². The number of hydrogen-bond acceptors (Lipinski definition) is 3. The van der Waals surface area contributed by atoms with E-state index in [1.54, 1.807) is 0 Å². The molecule has 17 heavy (non-hydrogen) atoms. The summed E-state index contributed by atoms with van der Waals surface area (Å²) in [6.45, 7) is 1.63. The van der Waals surface area contributed by atoms with E-state index in [0.29, 0.717) is 6.54 Å². The monoisotopic (exact) mass is 243 g/mol. The van der Waals surface area contributed by atoms with Gasteiger partial charge in [0.1, 0.15) is 11.9 Å². The van der Waals surface area contributed by atoms with Crippen molar-refractivity contribution in [2.24, 2.45) is 0 Å². The fourth-order valence-corrected chi connectivity index (χ4v) is 1.92. The summed E-state index contributed by atoms with van der Waals surface area (Å²) in [6.07, 6.45) is 1.79. The molecule has 0 spiro atoms. The van der Waals surface area contributed by atoms with Gasteiger partial charge < -0.3 is 14.8 Å².